The van der Waals surface area contributed by atoms with Gasteiger partial charge >= 0.3 is 0 Å². The lowest BCUT2D eigenvalue weighted by Crippen LogP contribution is -2.04. The molecular weight excluding hydrogens is 102 g/mol. The fourth-order valence-corrected chi connectivity index (χ4v) is 0.277. The van der Waals surface area contributed by atoms with Crippen LogP contribution in [-0.2, 0) is 0 Å². The standard InChI is InChI=1S/C6H13NO/c1-5(2)6(3)4-7-8/h4-6,8H,1-3H3. The molecule has 0 heterocycles. The molecule has 0 aliphatic rings. The quantitative estimate of drug-likeness (QED) is 0.332. The Morgan fingerprint density at radius 3 is 2.00 bits per heavy atom. The Hall–Kier alpha value is -0.530. The summed E-state index contributed by atoms with van der Waals surface area (Å²) in [4.78, 5) is 0. The summed E-state index contributed by atoms with van der Waals surface area (Å²) in [6.45, 7) is 6.20. The summed E-state index contributed by atoms with van der Waals surface area (Å²) in [6, 6.07) is 0. The third-order valence-electron chi connectivity index (χ3n) is 1.35. The van der Waals surface area contributed by atoms with Crippen molar-refractivity contribution in [3.63, 3.8) is 0 Å². The number of hydrogen-bond acceptors (Lipinski definition) is 2. The molecule has 2 heteroatoms. The number of rotatable bonds is 2. The van der Waals surface area contributed by atoms with Gasteiger partial charge in [0, 0.05) is 6.21 Å². The number of hydrogen-bond donors (Lipinski definition) is 1. The highest BCUT2D eigenvalue weighted by Gasteiger charge is 2.01. The van der Waals surface area contributed by atoms with Gasteiger partial charge in [-0.15, -0.1) is 5.16 Å². The van der Waals surface area contributed by atoms with E-state index in [2.05, 4.69) is 19.0 Å². The van der Waals surface area contributed by atoms with E-state index in [-0.39, 0.29) is 0 Å². The van der Waals surface area contributed by atoms with Crippen LogP contribution < -0.4 is 0 Å². The van der Waals surface area contributed by atoms with E-state index in [9.17, 15) is 0 Å². The lowest BCUT2D eigenvalue weighted by atomic mass is 10.0. The maximum Gasteiger partial charge on any atom is 0.0466 e. The molecule has 0 spiro atoms. The van der Waals surface area contributed by atoms with E-state index < -0.39 is 0 Å². The molecule has 1 N–H and O–H groups in total. The molecule has 1 atom stereocenters. The van der Waals surface area contributed by atoms with Gasteiger partial charge in [0.05, 0.1) is 0 Å². The van der Waals surface area contributed by atoms with E-state index in [1.165, 1.54) is 0 Å². The Kier molecular flexibility index (Phi) is 3.24. The molecule has 48 valence electrons. The first kappa shape index (κ1) is 7.47. The first-order chi connectivity index (χ1) is 3.68. The molecule has 0 aromatic heterocycles. The second kappa shape index (κ2) is 3.47. The van der Waals surface area contributed by atoms with E-state index in [1.54, 1.807) is 6.21 Å². The van der Waals surface area contributed by atoms with Crippen molar-refractivity contribution < 1.29 is 5.21 Å². The van der Waals surface area contributed by atoms with E-state index in [0.29, 0.717) is 11.8 Å². The minimum absolute atomic E-state index is 0.375. The van der Waals surface area contributed by atoms with Gasteiger partial charge in [-0.05, 0) is 11.8 Å². The van der Waals surface area contributed by atoms with Crippen LogP contribution in [0.25, 0.3) is 0 Å². The predicted molar refractivity (Wildman–Crippen MR) is 34.3 cm³/mol. The first-order valence-electron chi connectivity index (χ1n) is 2.86. The summed E-state index contributed by atoms with van der Waals surface area (Å²) < 4.78 is 0. The molecule has 0 fully saturated rings. The zero-order valence-electron chi connectivity index (χ0n) is 5.63. The Morgan fingerprint density at radius 1 is 1.38 bits per heavy atom. The second-order valence-electron chi connectivity index (χ2n) is 2.37. The van der Waals surface area contributed by atoms with E-state index in [4.69, 9.17) is 5.21 Å². The van der Waals surface area contributed by atoms with Gasteiger partial charge in [-0.2, -0.15) is 0 Å². The van der Waals surface area contributed by atoms with Crippen molar-refractivity contribution in [2.24, 2.45) is 17.0 Å². The third-order valence-corrected chi connectivity index (χ3v) is 1.35. The Labute approximate surface area is 50.2 Å². The van der Waals surface area contributed by atoms with Crippen LogP contribution in [0.15, 0.2) is 5.16 Å². The molecule has 0 amide bonds. The van der Waals surface area contributed by atoms with Crippen LogP contribution >= 0.6 is 0 Å². The van der Waals surface area contributed by atoms with Crippen LogP contribution in [0, 0.1) is 11.8 Å². The van der Waals surface area contributed by atoms with Crippen LogP contribution in [0.3, 0.4) is 0 Å². The predicted octanol–water partition coefficient (Wildman–Crippen LogP) is 1.74. The lowest BCUT2D eigenvalue weighted by Gasteiger charge is -2.06. The fraction of sp³-hybridized carbons (Fsp3) is 0.833. The summed E-state index contributed by atoms with van der Waals surface area (Å²) in [5.74, 6) is 0.936. The van der Waals surface area contributed by atoms with Crippen molar-refractivity contribution in [1.29, 1.82) is 0 Å². The van der Waals surface area contributed by atoms with Crippen molar-refractivity contribution in [3.8, 4) is 0 Å². The summed E-state index contributed by atoms with van der Waals surface area (Å²) in [5, 5.41) is 11.0. The molecule has 8 heavy (non-hydrogen) atoms. The van der Waals surface area contributed by atoms with Gasteiger partial charge in [-0.25, -0.2) is 0 Å². The molecule has 0 aliphatic carbocycles. The Morgan fingerprint density at radius 2 is 1.88 bits per heavy atom. The van der Waals surface area contributed by atoms with Gasteiger partial charge in [0.2, 0.25) is 0 Å². The molecule has 0 bridgehead atoms. The van der Waals surface area contributed by atoms with Crippen LogP contribution in [0.2, 0.25) is 0 Å². The smallest absolute Gasteiger partial charge is 0.0466 e. The molecule has 0 saturated carbocycles. The zero-order chi connectivity index (χ0) is 6.57. The Bertz CT molecular complexity index is 78.6. The molecule has 0 saturated heterocycles. The highest BCUT2D eigenvalue weighted by molar-refractivity contribution is 5.59. The van der Waals surface area contributed by atoms with Crippen LogP contribution in [0.4, 0.5) is 0 Å². The van der Waals surface area contributed by atoms with E-state index >= 15 is 0 Å². The average Bonchev–Trinajstić information content (AvgIpc) is 1.67. The number of nitrogens with zero attached hydrogens (tertiary/aromatic N) is 1. The van der Waals surface area contributed by atoms with Crippen LogP contribution in [0.5, 0.6) is 0 Å². The minimum atomic E-state index is 0.375. The SMILES string of the molecule is CC(C)C(C)C=NO. The third kappa shape index (κ3) is 2.61. The zero-order valence-corrected chi connectivity index (χ0v) is 5.63. The summed E-state index contributed by atoms with van der Waals surface area (Å²) >= 11 is 0. The minimum Gasteiger partial charge on any atom is -0.411 e. The Balaban J connectivity index is 3.47. The molecule has 2 nitrogen and oxygen atoms in total. The molecule has 1 unspecified atom stereocenters. The molecule has 0 aliphatic heterocycles. The molecule has 0 aromatic rings. The fourth-order valence-electron chi connectivity index (χ4n) is 0.277. The summed E-state index contributed by atoms with van der Waals surface area (Å²) in [7, 11) is 0. The van der Waals surface area contributed by atoms with Crippen molar-refractivity contribution in [2.45, 2.75) is 20.8 Å². The van der Waals surface area contributed by atoms with Crippen LogP contribution in [-0.4, -0.2) is 11.4 Å². The molecular formula is C6H13NO. The van der Waals surface area contributed by atoms with E-state index in [1.807, 2.05) is 6.92 Å². The normalized spacial score (nSPS) is 15.5. The van der Waals surface area contributed by atoms with Gasteiger partial charge in [-0.3, -0.25) is 0 Å². The number of oxime groups is 1. The molecule has 0 aromatic carbocycles. The van der Waals surface area contributed by atoms with Crippen molar-refractivity contribution in [3.05, 3.63) is 0 Å². The van der Waals surface area contributed by atoms with E-state index in [0.717, 1.165) is 0 Å². The highest BCUT2D eigenvalue weighted by Crippen LogP contribution is 2.05. The second-order valence-corrected chi connectivity index (χ2v) is 2.37. The van der Waals surface area contributed by atoms with Gasteiger partial charge < -0.3 is 5.21 Å². The average molecular weight is 115 g/mol. The largest absolute Gasteiger partial charge is 0.411 e. The maximum absolute atomic E-state index is 8.06. The molecule has 0 radical (unpaired) electrons. The molecule has 0 rings (SSSR count). The van der Waals surface area contributed by atoms with Crippen molar-refractivity contribution in [1.82, 2.24) is 0 Å². The topological polar surface area (TPSA) is 32.6 Å². The van der Waals surface area contributed by atoms with Crippen molar-refractivity contribution >= 4 is 6.21 Å². The van der Waals surface area contributed by atoms with Gasteiger partial charge in [0.15, 0.2) is 0 Å². The highest BCUT2D eigenvalue weighted by atomic mass is 16.4. The summed E-state index contributed by atoms with van der Waals surface area (Å²) in [5.41, 5.74) is 0. The summed E-state index contributed by atoms with van der Waals surface area (Å²) in [6.07, 6.45) is 1.55. The monoisotopic (exact) mass is 115 g/mol. The van der Waals surface area contributed by atoms with Crippen LogP contribution in [0.1, 0.15) is 20.8 Å². The van der Waals surface area contributed by atoms with Crippen molar-refractivity contribution in [2.75, 3.05) is 0 Å². The lowest BCUT2D eigenvalue weighted by molar-refractivity contribution is 0.316. The van der Waals surface area contributed by atoms with Gasteiger partial charge in [0.25, 0.3) is 0 Å². The maximum atomic E-state index is 8.06. The first-order valence-corrected chi connectivity index (χ1v) is 2.86. The van der Waals surface area contributed by atoms with Gasteiger partial charge in [-0.1, -0.05) is 20.8 Å². The van der Waals surface area contributed by atoms with Gasteiger partial charge in [0.1, 0.15) is 0 Å².